The van der Waals surface area contributed by atoms with Gasteiger partial charge >= 0.3 is 5.97 Å². The number of anilines is 1. The molecular weight excluding hydrogens is 332 g/mol. The number of nitrogens with one attached hydrogen (secondary N) is 1. The Labute approximate surface area is 153 Å². The van der Waals surface area contributed by atoms with Crippen LogP contribution in [0.2, 0.25) is 0 Å². The van der Waals surface area contributed by atoms with E-state index in [0.717, 1.165) is 29.9 Å². The van der Waals surface area contributed by atoms with E-state index in [1.54, 1.807) is 11.8 Å². The van der Waals surface area contributed by atoms with Gasteiger partial charge in [0.2, 0.25) is 5.95 Å². The maximum absolute atomic E-state index is 12.8. The summed E-state index contributed by atoms with van der Waals surface area (Å²) in [5, 5.41) is 7.78. The van der Waals surface area contributed by atoms with Crippen LogP contribution in [0.4, 0.5) is 5.95 Å². The van der Waals surface area contributed by atoms with Crippen LogP contribution in [-0.2, 0) is 9.53 Å². The smallest absolute Gasteiger partial charge is 0.338 e. The minimum absolute atomic E-state index is 0.320. The first-order chi connectivity index (χ1) is 12.6. The number of allylic oxidation sites excluding steroid dienone is 1. The van der Waals surface area contributed by atoms with Crippen molar-refractivity contribution in [3.63, 3.8) is 0 Å². The predicted molar refractivity (Wildman–Crippen MR) is 98.1 cm³/mol. The number of aryl methyl sites for hydroxylation is 1. The summed E-state index contributed by atoms with van der Waals surface area (Å²) in [5.41, 5.74) is 2.35. The van der Waals surface area contributed by atoms with Crippen molar-refractivity contribution in [3.05, 3.63) is 46.9 Å². The molecule has 0 fully saturated rings. The van der Waals surface area contributed by atoms with E-state index in [2.05, 4.69) is 22.3 Å². The van der Waals surface area contributed by atoms with Crippen molar-refractivity contribution >= 4 is 11.9 Å². The van der Waals surface area contributed by atoms with Gasteiger partial charge in [-0.15, -0.1) is 0 Å². The molecule has 0 saturated heterocycles. The standard InChI is InChI=1S/C19H24N4O3/c1-5-7-15-16(18(24)26-6-2)17(13-8-10-14(25-4)11-9-13)23-19(21-15)20-12(3)22-23/h8-11,17H,5-7H2,1-4H3,(H,20,21,22)/t17-/m0/s1. The summed E-state index contributed by atoms with van der Waals surface area (Å²) >= 11 is 0. The zero-order valence-electron chi connectivity index (χ0n) is 15.6. The Balaban J connectivity index is 2.16. The van der Waals surface area contributed by atoms with Gasteiger partial charge in [-0.1, -0.05) is 25.5 Å². The minimum atomic E-state index is -0.390. The number of fused-ring (bicyclic) bond motifs is 1. The van der Waals surface area contributed by atoms with Crippen LogP contribution in [0, 0.1) is 6.92 Å². The molecule has 1 aliphatic heterocycles. The van der Waals surface area contributed by atoms with E-state index in [9.17, 15) is 4.79 Å². The normalized spacial score (nSPS) is 16.1. The second-order valence-electron chi connectivity index (χ2n) is 6.09. The maximum Gasteiger partial charge on any atom is 0.338 e. The number of benzene rings is 1. The summed E-state index contributed by atoms with van der Waals surface area (Å²) < 4.78 is 12.4. The van der Waals surface area contributed by atoms with Crippen molar-refractivity contribution in [3.8, 4) is 5.75 Å². The lowest BCUT2D eigenvalue weighted by Gasteiger charge is -2.29. The Morgan fingerprint density at radius 2 is 2.00 bits per heavy atom. The predicted octanol–water partition coefficient (Wildman–Crippen LogP) is 3.23. The van der Waals surface area contributed by atoms with Crippen LogP contribution in [0.15, 0.2) is 35.5 Å². The molecule has 1 atom stereocenters. The Morgan fingerprint density at radius 1 is 1.27 bits per heavy atom. The highest BCUT2D eigenvalue weighted by molar-refractivity contribution is 5.92. The molecule has 1 N–H and O–H groups in total. The summed E-state index contributed by atoms with van der Waals surface area (Å²) in [6, 6.07) is 7.25. The zero-order valence-corrected chi connectivity index (χ0v) is 15.6. The van der Waals surface area contributed by atoms with Crippen molar-refractivity contribution in [1.82, 2.24) is 14.8 Å². The highest BCUT2D eigenvalue weighted by Crippen LogP contribution is 2.37. The van der Waals surface area contributed by atoms with Crippen molar-refractivity contribution in [2.24, 2.45) is 0 Å². The van der Waals surface area contributed by atoms with E-state index in [-0.39, 0.29) is 12.0 Å². The largest absolute Gasteiger partial charge is 0.497 e. The van der Waals surface area contributed by atoms with Gasteiger partial charge in [0, 0.05) is 5.70 Å². The summed E-state index contributed by atoms with van der Waals surface area (Å²) in [6.07, 6.45) is 1.63. The van der Waals surface area contributed by atoms with Crippen molar-refractivity contribution < 1.29 is 14.3 Å². The second kappa shape index (κ2) is 7.59. The van der Waals surface area contributed by atoms with Crippen LogP contribution in [0.25, 0.3) is 0 Å². The van der Waals surface area contributed by atoms with Gasteiger partial charge in [-0.2, -0.15) is 10.1 Å². The molecule has 0 unspecified atom stereocenters. The molecule has 0 aliphatic carbocycles. The number of hydrogen-bond donors (Lipinski definition) is 1. The zero-order chi connectivity index (χ0) is 18.7. The molecule has 3 rings (SSSR count). The molecule has 2 aromatic rings. The van der Waals surface area contributed by atoms with Gasteiger partial charge in [-0.25, -0.2) is 9.48 Å². The number of methoxy groups -OCH3 is 1. The first-order valence-electron chi connectivity index (χ1n) is 8.83. The van der Waals surface area contributed by atoms with Gasteiger partial charge in [-0.3, -0.25) is 0 Å². The van der Waals surface area contributed by atoms with Gasteiger partial charge in [-0.05, 0) is 38.0 Å². The summed E-state index contributed by atoms with van der Waals surface area (Å²) in [5.74, 6) is 1.71. The van der Waals surface area contributed by atoms with E-state index in [0.29, 0.717) is 24.0 Å². The third-order valence-electron chi connectivity index (χ3n) is 4.27. The molecule has 138 valence electrons. The van der Waals surface area contributed by atoms with E-state index in [1.807, 2.05) is 38.1 Å². The lowest BCUT2D eigenvalue weighted by atomic mass is 9.94. The lowest BCUT2D eigenvalue weighted by Crippen LogP contribution is -2.30. The summed E-state index contributed by atoms with van der Waals surface area (Å²) in [4.78, 5) is 17.3. The lowest BCUT2D eigenvalue weighted by molar-refractivity contribution is -0.139. The first kappa shape index (κ1) is 18.0. The molecule has 2 heterocycles. The number of hydrogen-bond acceptors (Lipinski definition) is 6. The van der Waals surface area contributed by atoms with Crippen LogP contribution in [0.5, 0.6) is 5.75 Å². The Morgan fingerprint density at radius 3 is 2.62 bits per heavy atom. The number of nitrogens with zero attached hydrogens (tertiary/aromatic N) is 3. The molecule has 1 aromatic carbocycles. The molecule has 0 spiro atoms. The third-order valence-corrected chi connectivity index (χ3v) is 4.27. The Bertz CT molecular complexity index is 824. The van der Waals surface area contributed by atoms with Crippen LogP contribution in [0.1, 0.15) is 44.1 Å². The van der Waals surface area contributed by atoms with Crippen molar-refractivity contribution in [2.45, 2.75) is 39.7 Å². The quantitative estimate of drug-likeness (QED) is 0.801. The second-order valence-corrected chi connectivity index (χ2v) is 6.09. The number of aromatic nitrogens is 3. The van der Waals surface area contributed by atoms with Gasteiger partial charge in [0.1, 0.15) is 17.6 Å². The number of rotatable bonds is 6. The van der Waals surface area contributed by atoms with Crippen LogP contribution in [-0.4, -0.2) is 34.5 Å². The monoisotopic (exact) mass is 356 g/mol. The SMILES string of the molecule is CCCC1=C(C(=O)OCC)[C@H](c2ccc(OC)cc2)n2nc(C)nc2N1. The van der Waals surface area contributed by atoms with E-state index >= 15 is 0 Å². The van der Waals surface area contributed by atoms with Crippen LogP contribution >= 0.6 is 0 Å². The van der Waals surface area contributed by atoms with Gasteiger partial charge in [0.25, 0.3) is 0 Å². The highest BCUT2D eigenvalue weighted by atomic mass is 16.5. The molecule has 0 saturated carbocycles. The average Bonchev–Trinajstić information content (AvgIpc) is 3.01. The minimum Gasteiger partial charge on any atom is -0.497 e. The van der Waals surface area contributed by atoms with Crippen LogP contribution < -0.4 is 10.1 Å². The molecule has 7 nitrogen and oxygen atoms in total. The molecule has 0 amide bonds. The maximum atomic E-state index is 12.8. The summed E-state index contributed by atoms with van der Waals surface area (Å²) in [7, 11) is 1.63. The molecule has 26 heavy (non-hydrogen) atoms. The fourth-order valence-corrected chi connectivity index (χ4v) is 3.17. The van der Waals surface area contributed by atoms with Gasteiger partial charge < -0.3 is 14.8 Å². The average molecular weight is 356 g/mol. The van der Waals surface area contributed by atoms with Gasteiger partial charge in [0.05, 0.1) is 19.3 Å². The molecule has 0 radical (unpaired) electrons. The molecule has 1 aromatic heterocycles. The van der Waals surface area contributed by atoms with Crippen molar-refractivity contribution in [1.29, 1.82) is 0 Å². The van der Waals surface area contributed by atoms with E-state index in [4.69, 9.17) is 9.47 Å². The molecule has 1 aliphatic rings. The number of carbonyl (C=O) groups excluding carboxylic acids is 1. The van der Waals surface area contributed by atoms with Crippen molar-refractivity contribution in [2.75, 3.05) is 19.0 Å². The molecule has 0 bridgehead atoms. The highest BCUT2D eigenvalue weighted by Gasteiger charge is 2.35. The first-order valence-corrected chi connectivity index (χ1v) is 8.83. The van der Waals surface area contributed by atoms with E-state index < -0.39 is 0 Å². The van der Waals surface area contributed by atoms with E-state index in [1.165, 1.54) is 0 Å². The number of ether oxygens (including phenoxy) is 2. The molecular formula is C19H24N4O3. The Kier molecular flexibility index (Phi) is 5.25. The fourth-order valence-electron chi connectivity index (χ4n) is 3.17. The third kappa shape index (κ3) is 3.29. The topological polar surface area (TPSA) is 78.3 Å². The molecule has 7 heteroatoms. The fraction of sp³-hybridized carbons (Fsp3) is 0.421. The van der Waals surface area contributed by atoms with Gasteiger partial charge in [0.15, 0.2) is 0 Å². The number of esters is 1. The number of carbonyl (C=O) groups is 1. The van der Waals surface area contributed by atoms with Crippen LogP contribution in [0.3, 0.4) is 0 Å². The Hall–Kier alpha value is -2.83. The summed E-state index contributed by atoms with van der Waals surface area (Å²) in [6.45, 7) is 6.04.